The molecule has 0 radical (unpaired) electrons. The van der Waals surface area contributed by atoms with E-state index in [0.717, 1.165) is 55.2 Å². The van der Waals surface area contributed by atoms with Crippen molar-refractivity contribution in [2.45, 2.75) is 72.0 Å². The summed E-state index contributed by atoms with van der Waals surface area (Å²) in [6, 6.07) is 9.90. The quantitative estimate of drug-likeness (QED) is 0.168. The molecule has 1 aromatic rings. The predicted molar refractivity (Wildman–Crippen MR) is 113 cm³/mol. The van der Waals surface area contributed by atoms with Crippen LogP contribution in [0.4, 0.5) is 0 Å². The molecule has 0 atom stereocenters. The van der Waals surface area contributed by atoms with Crippen molar-refractivity contribution < 1.29 is 9.22 Å². The van der Waals surface area contributed by atoms with E-state index in [9.17, 15) is 4.79 Å². The molecule has 0 heterocycles. The Morgan fingerprint density at radius 1 is 1.00 bits per heavy atom. The summed E-state index contributed by atoms with van der Waals surface area (Å²) < 4.78 is 6.33. The maximum absolute atomic E-state index is 11.7. The summed E-state index contributed by atoms with van der Waals surface area (Å²) in [6.45, 7) is 10.7. The highest BCUT2D eigenvalue weighted by atomic mass is 28.4. The Hall–Kier alpha value is -2.01. The van der Waals surface area contributed by atoms with Crippen LogP contribution >= 0.6 is 0 Å². The van der Waals surface area contributed by atoms with Gasteiger partial charge in [0.1, 0.15) is 5.94 Å². The largest absolute Gasteiger partial charge is 0.538 e. The molecule has 1 rings (SSSR count). The lowest BCUT2D eigenvalue weighted by Gasteiger charge is -2.22. The standard InChI is InChI=1S/C23H32O2Si/c1-6-8-15-21(19-24)22(16-9-7-2)23(25-26(3,4)5)18-17-20-13-11-10-12-14-20/h10-14H,6-9,15-16H2,1-5H3/b23-22+. The third kappa shape index (κ3) is 8.38. The second-order valence-electron chi connectivity index (χ2n) is 7.43. The molecule has 0 fully saturated rings. The van der Waals surface area contributed by atoms with Crippen molar-refractivity contribution in [3.8, 4) is 11.8 Å². The molecule has 2 nitrogen and oxygen atoms in total. The maximum Gasteiger partial charge on any atom is 0.243 e. The molecule has 0 spiro atoms. The Bertz CT molecular complexity index is 693. The van der Waals surface area contributed by atoms with E-state index in [4.69, 9.17) is 4.43 Å². The number of carbonyl (C=O) groups excluding carboxylic acids is 1. The van der Waals surface area contributed by atoms with Gasteiger partial charge in [0, 0.05) is 16.7 Å². The molecule has 0 aliphatic rings. The van der Waals surface area contributed by atoms with Gasteiger partial charge in [0.25, 0.3) is 0 Å². The molecule has 3 heteroatoms. The average molecular weight is 369 g/mol. The van der Waals surface area contributed by atoms with Gasteiger partial charge >= 0.3 is 0 Å². The zero-order valence-electron chi connectivity index (χ0n) is 16.9. The summed E-state index contributed by atoms with van der Waals surface area (Å²) in [5.41, 5.74) is 2.64. The highest BCUT2D eigenvalue weighted by molar-refractivity contribution is 6.70. The van der Waals surface area contributed by atoms with Crippen molar-refractivity contribution in [2.24, 2.45) is 0 Å². The monoisotopic (exact) mass is 368 g/mol. The second kappa shape index (κ2) is 11.6. The number of rotatable bonds is 9. The van der Waals surface area contributed by atoms with Crippen molar-refractivity contribution in [2.75, 3.05) is 0 Å². The number of allylic oxidation sites excluding steroid dienone is 3. The summed E-state index contributed by atoms with van der Waals surface area (Å²) in [4.78, 5) is 11.7. The predicted octanol–water partition coefficient (Wildman–Crippen LogP) is 6.28. The van der Waals surface area contributed by atoms with Crippen LogP contribution in [0.2, 0.25) is 19.6 Å². The van der Waals surface area contributed by atoms with Gasteiger partial charge in [-0.3, -0.25) is 0 Å². The van der Waals surface area contributed by atoms with E-state index in [1.807, 2.05) is 30.3 Å². The van der Waals surface area contributed by atoms with Crippen molar-refractivity contribution >= 4 is 14.3 Å². The summed E-state index contributed by atoms with van der Waals surface area (Å²) in [6.07, 6.45) is 5.66. The molecule has 0 bridgehead atoms. The maximum atomic E-state index is 11.7. The normalized spacial score (nSPS) is 11.7. The van der Waals surface area contributed by atoms with E-state index in [-0.39, 0.29) is 0 Å². The van der Waals surface area contributed by atoms with Crippen molar-refractivity contribution in [1.82, 2.24) is 0 Å². The Labute approximate surface area is 160 Å². The van der Waals surface area contributed by atoms with E-state index in [2.05, 4.69) is 51.3 Å². The van der Waals surface area contributed by atoms with Crippen LogP contribution in [0.5, 0.6) is 0 Å². The molecule has 26 heavy (non-hydrogen) atoms. The molecular formula is C23H32O2Si. The fourth-order valence-electron chi connectivity index (χ4n) is 2.49. The van der Waals surface area contributed by atoms with Crippen LogP contribution in [0.25, 0.3) is 0 Å². The van der Waals surface area contributed by atoms with Gasteiger partial charge in [0.15, 0.2) is 5.76 Å². The zero-order valence-corrected chi connectivity index (χ0v) is 17.9. The lowest BCUT2D eigenvalue weighted by molar-refractivity contribution is 0.437. The number of unbranched alkanes of at least 4 members (excludes halogenated alkanes) is 2. The second-order valence-corrected chi connectivity index (χ2v) is 11.9. The van der Waals surface area contributed by atoms with Gasteiger partial charge in [-0.1, -0.05) is 50.8 Å². The van der Waals surface area contributed by atoms with Gasteiger partial charge in [0.2, 0.25) is 8.32 Å². The first-order chi connectivity index (χ1) is 12.4. The van der Waals surface area contributed by atoms with E-state index in [1.165, 1.54) is 0 Å². The van der Waals surface area contributed by atoms with Gasteiger partial charge in [0.05, 0.1) is 0 Å². The molecule has 0 aliphatic heterocycles. The molecule has 0 N–H and O–H groups in total. The lowest BCUT2D eigenvalue weighted by Crippen LogP contribution is -2.25. The molecule has 0 saturated carbocycles. The van der Waals surface area contributed by atoms with Crippen LogP contribution in [0.1, 0.15) is 57.9 Å². The molecule has 0 aliphatic carbocycles. The Balaban J connectivity index is 3.40. The van der Waals surface area contributed by atoms with Crippen LogP contribution in [0.3, 0.4) is 0 Å². The smallest absolute Gasteiger partial charge is 0.243 e. The van der Waals surface area contributed by atoms with Crippen molar-refractivity contribution in [3.05, 3.63) is 52.8 Å². The van der Waals surface area contributed by atoms with Crippen molar-refractivity contribution in [1.29, 1.82) is 0 Å². The Kier molecular flexibility index (Phi) is 9.81. The third-order valence-electron chi connectivity index (χ3n) is 3.82. The molecule has 140 valence electrons. The fraction of sp³-hybridized carbons (Fsp3) is 0.478. The van der Waals surface area contributed by atoms with Crippen LogP contribution in [0.15, 0.2) is 47.2 Å². The number of hydrogen-bond acceptors (Lipinski definition) is 2. The minimum absolute atomic E-state index is 0.677. The molecule has 0 amide bonds. The van der Waals surface area contributed by atoms with E-state index in [1.54, 1.807) is 0 Å². The zero-order chi connectivity index (χ0) is 19.4. The van der Waals surface area contributed by atoms with Crippen molar-refractivity contribution in [3.63, 3.8) is 0 Å². The van der Waals surface area contributed by atoms with E-state index < -0.39 is 8.32 Å². The minimum atomic E-state index is -1.85. The summed E-state index contributed by atoms with van der Waals surface area (Å²) >= 11 is 0. The average Bonchev–Trinajstić information content (AvgIpc) is 2.61. The SMILES string of the molecule is CCCCC(=C=O)/C(CCCC)=C(\C#Cc1ccccc1)O[Si](C)(C)C. The minimum Gasteiger partial charge on any atom is -0.538 e. The van der Waals surface area contributed by atoms with Crippen LogP contribution in [-0.2, 0) is 9.22 Å². The third-order valence-corrected chi connectivity index (χ3v) is 4.64. The summed E-state index contributed by atoms with van der Waals surface area (Å²) in [5, 5.41) is 0. The van der Waals surface area contributed by atoms with Crippen LogP contribution in [0, 0.1) is 11.8 Å². The van der Waals surface area contributed by atoms with Gasteiger partial charge in [-0.15, -0.1) is 0 Å². The van der Waals surface area contributed by atoms with Gasteiger partial charge in [-0.05, 0) is 63.4 Å². The molecule has 0 saturated heterocycles. The fourth-order valence-corrected chi connectivity index (χ4v) is 3.28. The molecular weight excluding hydrogens is 336 g/mol. The first-order valence-corrected chi connectivity index (χ1v) is 13.1. The number of benzene rings is 1. The first kappa shape index (κ1) is 22.0. The van der Waals surface area contributed by atoms with Crippen LogP contribution < -0.4 is 0 Å². The molecule has 0 unspecified atom stereocenters. The van der Waals surface area contributed by atoms with Crippen LogP contribution in [-0.4, -0.2) is 14.3 Å². The Morgan fingerprint density at radius 3 is 2.15 bits per heavy atom. The summed E-state index contributed by atoms with van der Waals surface area (Å²) in [5.74, 6) is 9.30. The number of hydrogen-bond donors (Lipinski definition) is 0. The van der Waals surface area contributed by atoms with E-state index >= 15 is 0 Å². The molecule has 1 aromatic carbocycles. The van der Waals surface area contributed by atoms with Gasteiger partial charge in [-0.2, -0.15) is 0 Å². The topological polar surface area (TPSA) is 26.3 Å². The molecule has 0 aromatic heterocycles. The van der Waals surface area contributed by atoms with E-state index in [0.29, 0.717) is 5.76 Å². The summed E-state index contributed by atoms with van der Waals surface area (Å²) in [7, 11) is -1.85. The van der Waals surface area contributed by atoms with Gasteiger partial charge < -0.3 is 4.43 Å². The highest BCUT2D eigenvalue weighted by Gasteiger charge is 2.21. The lowest BCUT2D eigenvalue weighted by atomic mass is 9.96. The van der Waals surface area contributed by atoms with Gasteiger partial charge in [-0.25, -0.2) is 4.79 Å². The first-order valence-electron chi connectivity index (χ1n) is 9.64. The highest BCUT2D eigenvalue weighted by Crippen LogP contribution is 2.26. The Morgan fingerprint density at radius 2 is 1.62 bits per heavy atom.